The number of rotatable bonds is 10. The molecule has 0 saturated heterocycles. The van der Waals surface area contributed by atoms with Crippen molar-refractivity contribution >= 4 is 23.3 Å². The van der Waals surface area contributed by atoms with Gasteiger partial charge in [0.2, 0.25) is 5.91 Å². The Labute approximate surface area is 175 Å². The maximum atomic E-state index is 12.7. The summed E-state index contributed by atoms with van der Waals surface area (Å²) in [6.45, 7) is 0.432. The average molecular weight is 404 g/mol. The zero-order valence-corrected chi connectivity index (χ0v) is 16.5. The van der Waals surface area contributed by atoms with Crippen molar-refractivity contribution in [2.45, 2.75) is 25.5 Å². The van der Waals surface area contributed by atoms with E-state index in [2.05, 4.69) is 10.6 Å². The van der Waals surface area contributed by atoms with Gasteiger partial charge in [-0.15, -0.1) is 0 Å². The molecule has 3 N–H and O–H groups in total. The number of amides is 1. The van der Waals surface area contributed by atoms with E-state index < -0.39 is 12.0 Å². The van der Waals surface area contributed by atoms with Crippen molar-refractivity contribution < 1.29 is 19.4 Å². The standard InChI is InChI=1S/C24H24N2O4/c27-23(28)15-14-22(24(29)26-19-10-5-2-6-11-19)25-20-12-7-13-21(16-20)30-17-18-8-3-1-4-9-18/h1-13,16,22,25H,14-15,17H2,(H,26,29)(H,27,28)/t22-/m0/s1. The van der Waals surface area contributed by atoms with E-state index in [1.807, 2.05) is 66.7 Å². The van der Waals surface area contributed by atoms with Gasteiger partial charge in [-0.3, -0.25) is 9.59 Å². The number of carbonyl (C=O) groups excluding carboxylic acids is 1. The second-order valence-corrected chi connectivity index (χ2v) is 6.79. The highest BCUT2D eigenvalue weighted by Crippen LogP contribution is 2.21. The van der Waals surface area contributed by atoms with Crippen molar-refractivity contribution in [2.75, 3.05) is 10.6 Å². The van der Waals surface area contributed by atoms with Crippen LogP contribution in [-0.4, -0.2) is 23.0 Å². The number of carboxylic acids is 1. The molecule has 3 aromatic rings. The number of aliphatic carboxylic acids is 1. The fourth-order valence-corrected chi connectivity index (χ4v) is 2.91. The van der Waals surface area contributed by atoms with Crippen LogP contribution in [0.25, 0.3) is 0 Å². The topological polar surface area (TPSA) is 87.7 Å². The molecule has 3 rings (SSSR count). The predicted octanol–water partition coefficient (Wildman–Crippen LogP) is 4.55. The lowest BCUT2D eigenvalue weighted by molar-refractivity contribution is -0.137. The molecule has 0 aliphatic rings. The number of carboxylic acid groups (broad SMARTS) is 1. The molecule has 0 heterocycles. The molecular formula is C24H24N2O4. The number of ether oxygens (including phenoxy) is 1. The highest BCUT2D eigenvalue weighted by Gasteiger charge is 2.20. The third-order valence-electron chi connectivity index (χ3n) is 4.43. The highest BCUT2D eigenvalue weighted by molar-refractivity contribution is 5.96. The van der Waals surface area contributed by atoms with Crippen molar-refractivity contribution in [1.82, 2.24) is 0 Å². The lowest BCUT2D eigenvalue weighted by Crippen LogP contribution is -2.35. The van der Waals surface area contributed by atoms with Gasteiger partial charge in [0.05, 0.1) is 0 Å². The fraction of sp³-hybridized carbons (Fsp3) is 0.167. The monoisotopic (exact) mass is 404 g/mol. The number of benzene rings is 3. The average Bonchev–Trinajstić information content (AvgIpc) is 2.77. The van der Waals surface area contributed by atoms with Crippen LogP contribution in [0.4, 0.5) is 11.4 Å². The van der Waals surface area contributed by atoms with E-state index in [-0.39, 0.29) is 18.7 Å². The summed E-state index contributed by atoms with van der Waals surface area (Å²) in [6.07, 6.45) is 0.0349. The lowest BCUT2D eigenvalue weighted by Gasteiger charge is -2.19. The molecule has 0 aliphatic heterocycles. The molecule has 154 valence electrons. The van der Waals surface area contributed by atoms with Crippen LogP contribution in [0.2, 0.25) is 0 Å². The number of hydrogen-bond donors (Lipinski definition) is 3. The van der Waals surface area contributed by atoms with Crippen molar-refractivity contribution in [3.8, 4) is 5.75 Å². The van der Waals surface area contributed by atoms with Crippen LogP contribution in [-0.2, 0) is 16.2 Å². The molecule has 0 aliphatic carbocycles. The smallest absolute Gasteiger partial charge is 0.303 e. The zero-order valence-electron chi connectivity index (χ0n) is 16.5. The Morgan fingerprint density at radius 1 is 0.867 bits per heavy atom. The van der Waals surface area contributed by atoms with E-state index in [1.165, 1.54) is 0 Å². The summed E-state index contributed by atoms with van der Waals surface area (Å²) in [5, 5.41) is 15.0. The van der Waals surface area contributed by atoms with Crippen molar-refractivity contribution in [3.05, 3.63) is 90.5 Å². The molecule has 1 atom stereocenters. The Hall–Kier alpha value is -3.80. The van der Waals surface area contributed by atoms with Gasteiger partial charge in [0, 0.05) is 23.9 Å². The van der Waals surface area contributed by atoms with Crippen LogP contribution < -0.4 is 15.4 Å². The van der Waals surface area contributed by atoms with Crippen LogP contribution in [0, 0.1) is 0 Å². The van der Waals surface area contributed by atoms with E-state index in [9.17, 15) is 9.59 Å². The first-order chi connectivity index (χ1) is 14.6. The molecule has 6 heteroatoms. The Morgan fingerprint density at radius 2 is 1.53 bits per heavy atom. The number of para-hydroxylation sites is 1. The molecule has 1 amide bonds. The Morgan fingerprint density at radius 3 is 2.23 bits per heavy atom. The molecular weight excluding hydrogens is 380 g/mol. The number of carbonyl (C=O) groups is 2. The van der Waals surface area contributed by atoms with Gasteiger partial charge in [-0.2, -0.15) is 0 Å². The van der Waals surface area contributed by atoms with Gasteiger partial charge in [0.1, 0.15) is 18.4 Å². The van der Waals surface area contributed by atoms with E-state index in [0.29, 0.717) is 23.7 Å². The predicted molar refractivity (Wildman–Crippen MR) is 117 cm³/mol. The third-order valence-corrected chi connectivity index (χ3v) is 4.43. The normalized spacial score (nSPS) is 11.3. The maximum absolute atomic E-state index is 12.7. The minimum Gasteiger partial charge on any atom is -0.489 e. The summed E-state index contributed by atoms with van der Waals surface area (Å²) in [5.74, 6) is -0.586. The van der Waals surface area contributed by atoms with Crippen LogP contribution in [0.3, 0.4) is 0 Å². The first kappa shape index (κ1) is 20.9. The molecule has 0 bridgehead atoms. The van der Waals surface area contributed by atoms with Crippen molar-refractivity contribution in [1.29, 1.82) is 0 Å². The SMILES string of the molecule is O=C(O)CC[C@H](Nc1cccc(OCc2ccccc2)c1)C(=O)Nc1ccccc1. The molecule has 0 radical (unpaired) electrons. The van der Waals surface area contributed by atoms with E-state index in [4.69, 9.17) is 9.84 Å². The molecule has 0 spiro atoms. The van der Waals surface area contributed by atoms with Gasteiger partial charge in [-0.05, 0) is 36.2 Å². The Bertz CT molecular complexity index is 961. The third kappa shape index (κ3) is 6.67. The minimum atomic E-state index is -0.950. The van der Waals surface area contributed by atoms with Crippen molar-refractivity contribution in [2.24, 2.45) is 0 Å². The molecule has 0 saturated carbocycles. The summed E-state index contributed by atoms with van der Waals surface area (Å²) in [4.78, 5) is 23.8. The Kier molecular flexibility index (Phi) is 7.44. The van der Waals surface area contributed by atoms with Gasteiger partial charge in [0.25, 0.3) is 0 Å². The summed E-state index contributed by atoms with van der Waals surface area (Å²) >= 11 is 0. The van der Waals surface area contributed by atoms with E-state index in [1.54, 1.807) is 18.2 Å². The maximum Gasteiger partial charge on any atom is 0.303 e. The number of nitrogens with one attached hydrogen (secondary N) is 2. The largest absolute Gasteiger partial charge is 0.489 e. The van der Waals surface area contributed by atoms with Gasteiger partial charge >= 0.3 is 5.97 Å². The second kappa shape index (κ2) is 10.7. The van der Waals surface area contributed by atoms with Gasteiger partial charge in [-0.1, -0.05) is 54.6 Å². The quantitative estimate of drug-likeness (QED) is 0.461. The Balaban J connectivity index is 1.66. The van der Waals surface area contributed by atoms with Crippen LogP contribution in [0.1, 0.15) is 18.4 Å². The molecule has 0 unspecified atom stereocenters. The first-order valence-electron chi connectivity index (χ1n) is 9.71. The number of anilines is 2. The first-order valence-corrected chi connectivity index (χ1v) is 9.71. The molecule has 0 fully saturated rings. The van der Waals surface area contributed by atoms with E-state index in [0.717, 1.165) is 5.56 Å². The second-order valence-electron chi connectivity index (χ2n) is 6.79. The fourth-order valence-electron chi connectivity index (χ4n) is 2.91. The molecule has 6 nitrogen and oxygen atoms in total. The molecule has 0 aromatic heterocycles. The highest BCUT2D eigenvalue weighted by atomic mass is 16.5. The van der Waals surface area contributed by atoms with E-state index >= 15 is 0 Å². The van der Waals surface area contributed by atoms with Gasteiger partial charge < -0.3 is 20.5 Å². The number of hydrogen-bond acceptors (Lipinski definition) is 4. The molecule has 3 aromatic carbocycles. The molecule has 30 heavy (non-hydrogen) atoms. The van der Waals surface area contributed by atoms with Crippen molar-refractivity contribution in [3.63, 3.8) is 0 Å². The van der Waals surface area contributed by atoms with Gasteiger partial charge in [-0.25, -0.2) is 0 Å². The summed E-state index contributed by atoms with van der Waals surface area (Å²) in [6, 6.07) is 25.5. The lowest BCUT2D eigenvalue weighted by atomic mass is 10.1. The van der Waals surface area contributed by atoms with Crippen LogP contribution >= 0.6 is 0 Å². The van der Waals surface area contributed by atoms with Crippen LogP contribution in [0.15, 0.2) is 84.9 Å². The van der Waals surface area contributed by atoms with Gasteiger partial charge in [0.15, 0.2) is 0 Å². The summed E-state index contributed by atoms with van der Waals surface area (Å²) in [7, 11) is 0. The zero-order chi connectivity index (χ0) is 21.2. The summed E-state index contributed by atoms with van der Waals surface area (Å²) < 4.78 is 5.83. The van der Waals surface area contributed by atoms with Crippen LogP contribution in [0.5, 0.6) is 5.75 Å². The summed E-state index contributed by atoms with van der Waals surface area (Å²) in [5.41, 5.74) is 2.39. The minimum absolute atomic E-state index is 0.121.